The number of amides is 1. The Kier molecular flexibility index (Phi) is 6.28. The molecular weight excluding hydrogens is 428 g/mol. The summed E-state index contributed by atoms with van der Waals surface area (Å²) < 4.78 is 7.67. The first-order valence-corrected chi connectivity index (χ1v) is 11.2. The minimum Gasteiger partial charge on any atom is -0.457 e. The molecule has 0 aliphatic carbocycles. The third-order valence-electron chi connectivity index (χ3n) is 6.27. The van der Waals surface area contributed by atoms with Crippen molar-refractivity contribution in [2.24, 2.45) is 5.73 Å². The second-order valence-corrected chi connectivity index (χ2v) is 8.62. The van der Waals surface area contributed by atoms with Crippen LogP contribution in [0.5, 0.6) is 11.5 Å². The first-order valence-electron chi connectivity index (χ1n) is 11.2. The number of nitrogens with zero attached hydrogens (tertiary/aromatic N) is 4. The highest BCUT2D eigenvalue weighted by Crippen LogP contribution is 2.34. The lowest BCUT2D eigenvalue weighted by Crippen LogP contribution is -2.39. The van der Waals surface area contributed by atoms with Crippen LogP contribution < -0.4 is 16.2 Å². The highest BCUT2D eigenvalue weighted by atomic mass is 16.5. The number of aryl methyl sites for hydroxylation is 1. The summed E-state index contributed by atoms with van der Waals surface area (Å²) in [6, 6.07) is 13.2. The van der Waals surface area contributed by atoms with E-state index in [2.05, 4.69) is 17.9 Å². The number of benzene rings is 2. The molecule has 8 heteroatoms. The monoisotopic (exact) mass is 456 g/mol. The summed E-state index contributed by atoms with van der Waals surface area (Å²) in [6.07, 6.45) is 5.61. The van der Waals surface area contributed by atoms with Gasteiger partial charge in [0.1, 0.15) is 28.6 Å². The van der Waals surface area contributed by atoms with Crippen LogP contribution >= 0.6 is 0 Å². The summed E-state index contributed by atoms with van der Waals surface area (Å²) in [5.74, 6) is 0.911. The molecule has 1 aromatic heterocycles. The van der Waals surface area contributed by atoms with Crippen molar-refractivity contribution in [1.82, 2.24) is 14.7 Å². The molecule has 2 unspecified atom stereocenters. The molecule has 0 bridgehead atoms. The highest BCUT2D eigenvalue weighted by molar-refractivity contribution is 6.03. The van der Waals surface area contributed by atoms with Crippen LogP contribution in [0.3, 0.4) is 0 Å². The van der Waals surface area contributed by atoms with Gasteiger partial charge in [0, 0.05) is 17.2 Å². The van der Waals surface area contributed by atoms with Gasteiger partial charge in [0.2, 0.25) is 0 Å². The van der Waals surface area contributed by atoms with Gasteiger partial charge in [0.25, 0.3) is 5.91 Å². The minimum absolute atomic E-state index is 0.121. The van der Waals surface area contributed by atoms with E-state index in [1.165, 1.54) is 0 Å². The average molecular weight is 457 g/mol. The lowest BCUT2D eigenvalue weighted by Gasteiger charge is -2.34. The molecule has 1 fully saturated rings. The van der Waals surface area contributed by atoms with E-state index in [0.29, 0.717) is 29.3 Å². The van der Waals surface area contributed by atoms with Crippen molar-refractivity contribution >= 4 is 17.8 Å². The van der Waals surface area contributed by atoms with E-state index in [9.17, 15) is 10.1 Å². The van der Waals surface area contributed by atoms with Crippen molar-refractivity contribution in [2.45, 2.75) is 38.8 Å². The first kappa shape index (κ1) is 22.9. The van der Waals surface area contributed by atoms with Crippen LogP contribution in [0, 0.1) is 18.4 Å². The van der Waals surface area contributed by atoms with Crippen molar-refractivity contribution in [3.05, 3.63) is 65.7 Å². The molecular formula is C26H28N6O2. The summed E-state index contributed by atoms with van der Waals surface area (Å²) in [5.41, 5.74) is 15.3. The summed E-state index contributed by atoms with van der Waals surface area (Å²) in [7, 11) is 0. The normalized spacial score (nSPS) is 17.7. The standard InChI is InChI=1S/C26H28N6O2/c1-4-18-13-16(2)5-12-22(18)34-21-10-7-19(8-11-21)24-23(26(29)33)25(28)32(30-24)20-9-6-17(3)31(14-20)15-27/h4-5,7-8,10-13,17,20H,1,6,9,14,28H2,2-3H3,(H2,29,33). The number of ether oxygens (including phenoxy) is 1. The van der Waals surface area contributed by atoms with Crippen molar-refractivity contribution in [2.75, 3.05) is 12.3 Å². The number of hydrogen-bond acceptors (Lipinski definition) is 6. The zero-order valence-electron chi connectivity index (χ0n) is 19.4. The van der Waals surface area contributed by atoms with E-state index < -0.39 is 5.91 Å². The third-order valence-corrected chi connectivity index (χ3v) is 6.27. The predicted molar refractivity (Wildman–Crippen MR) is 132 cm³/mol. The number of carbonyl (C=O) groups excluding carboxylic acids is 1. The Balaban J connectivity index is 1.64. The highest BCUT2D eigenvalue weighted by Gasteiger charge is 2.30. The van der Waals surface area contributed by atoms with Crippen molar-refractivity contribution in [3.8, 4) is 28.9 Å². The van der Waals surface area contributed by atoms with Crippen molar-refractivity contribution in [1.29, 1.82) is 5.26 Å². The van der Waals surface area contributed by atoms with E-state index in [0.717, 1.165) is 24.0 Å². The summed E-state index contributed by atoms with van der Waals surface area (Å²) in [6.45, 7) is 8.36. The molecule has 3 aromatic rings. The number of primary amides is 1. The third kappa shape index (κ3) is 4.33. The molecule has 0 saturated carbocycles. The number of nitrogen functional groups attached to an aromatic ring is 1. The maximum atomic E-state index is 12.3. The quantitative estimate of drug-likeness (QED) is 0.527. The Hall–Kier alpha value is -4.25. The topological polar surface area (TPSA) is 123 Å². The van der Waals surface area contributed by atoms with Crippen molar-refractivity contribution < 1.29 is 9.53 Å². The molecule has 1 aliphatic heterocycles. The van der Waals surface area contributed by atoms with E-state index in [4.69, 9.17) is 16.2 Å². The van der Waals surface area contributed by atoms with Gasteiger partial charge in [-0.1, -0.05) is 24.3 Å². The fraction of sp³-hybridized carbons (Fsp3) is 0.269. The summed E-state index contributed by atoms with van der Waals surface area (Å²) in [5, 5.41) is 14.1. The number of carbonyl (C=O) groups is 1. The fourth-order valence-electron chi connectivity index (χ4n) is 4.33. The summed E-state index contributed by atoms with van der Waals surface area (Å²) in [4.78, 5) is 14.0. The van der Waals surface area contributed by atoms with E-state index >= 15 is 0 Å². The molecule has 4 N–H and O–H groups in total. The van der Waals surface area contributed by atoms with Gasteiger partial charge >= 0.3 is 0 Å². The molecule has 2 heterocycles. The molecule has 1 amide bonds. The molecule has 8 nitrogen and oxygen atoms in total. The van der Waals surface area contributed by atoms with Crippen LogP contribution in [0.25, 0.3) is 17.3 Å². The Morgan fingerprint density at radius 1 is 1.26 bits per heavy atom. The molecule has 34 heavy (non-hydrogen) atoms. The van der Waals surface area contributed by atoms with Gasteiger partial charge in [-0.2, -0.15) is 10.4 Å². The Morgan fingerprint density at radius 2 is 2.00 bits per heavy atom. The van der Waals surface area contributed by atoms with Gasteiger partial charge in [-0.15, -0.1) is 0 Å². The molecule has 174 valence electrons. The summed E-state index contributed by atoms with van der Waals surface area (Å²) >= 11 is 0. The maximum absolute atomic E-state index is 12.3. The Labute approximate surface area is 199 Å². The Morgan fingerprint density at radius 3 is 2.65 bits per heavy atom. The minimum atomic E-state index is -0.643. The number of hydrogen-bond donors (Lipinski definition) is 2. The van der Waals surface area contributed by atoms with E-state index in [1.54, 1.807) is 15.7 Å². The van der Waals surface area contributed by atoms with Crippen LogP contribution in [0.1, 0.15) is 47.3 Å². The zero-order chi connectivity index (χ0) is 24.4. The van der Waals surface area contributed by atoms with Crippen LogP contribution in [0.4, 0.5) is 5.82 Å². The lowest BCUT2D eigenvalue weighted by molar-refractivity contribution is 0.100. The van der Waals surface area contributed by atoms with Crippen LogP contribution in [0.15, 0.2) is 49.0 Å². The first-order chi connectivity index (χ1) is 16.3. The largest absolute Gasteiger partial charge is 0.457 e. The average Bonchev–Trinajstić information content (AvgIpc) is 3.18. The number of likely N-dealkylation sites (tertiary alicyclic amines) is 1. The fourth-order valence-corrected chi connectivity index (χ4v) is 4.33. The molecule has 2 aromatic carbocycles. The molecule has 0 spiro atoms. The van der Waals surface area contributed by atoms with E-state index in [-0.39, 0.29) is 23.5 Å². The number of piperidine rings is 1. The van der Waals surface area contributed by atoms with Gasteiger partial charge in [0.05, 0.1) is 12.6 Å². The molecule has 1 saturated heterocycles. The predicted octanol–water partition coefficient (Wildman–Crippen LogP) is 4.48. The second-order valence-electron chi connectivity index (χ2n) is 8.62. The van der Waals surface area contributed by atoms with Gasteiger partial charge in [0.15, 0.2) is 6.19 Å². The second kappa shape index (κ2) is 9.32. The van der Waals surface area contributed by atoms with Gasteiger partial charge in [-0.3, -0.25) is 4.79 Å². The number of anilines is 1. The van der Waals surface area contributed by atoms with Crippen LogP contribution in [-0.4, -0.2) is 33.2 Å². The van der Waals surface area contributed by atoms with Crippen LogP contribution in [-0.2, 0) is 0 Å². The maximum Gasteiger partial charge on any atom is 0.254 e. The zero-order valence-corrected chi connectivity index (χ0v) is 19.4. The SMILES string of the molecule is C=Cc1cc(C)ccc1Oc1ccc(-c2nn(C3CCC(C)N(C#N)C3)c(N)c2C(N)=O)cc1. The van der Waals surface area contributed by atoms with Gasteiger partial charge in [-0.05, 0) is 63.1 Å². The van der Waals surface area contributed by atoms with Gasteiger partial charge in [-0.25, -0.2) is 4.68 Å². The Bertz CT molecular complexity index is 1270. The lowest BCUT2D eigenvalue weighted by atomic mass is 10.00. The number of rotatable bonds is 6. The molecule has 0 radical (unpaired) electrons. The van der Waals surface area contributed by atoms with E-state index in [1.807, 2.05) is 56.3 Å². The number of nitrogens with two attached hydrogens (primary N) is 2. The smallest absolute Gasteiger partial charge is 0.254 e. The molecule has 2 atom stereocenters. The van der Waals surface area contributed by atoms with Crippen LogP contribution in [0.2, 0.25) is 0 Å². The number of aromatic nitrogens is 2. The number of nitriles is 1. The molecule has 4 rings (SSSR count). The molecule has 1 aliphatic rings. The van der Waals surface area contributed by atoms with Crippen molar-refractivity contribution in [3.63, 3.8) is 0 Å². The van der Waals surface area contributed by atoms with Gasteiger partial charge < -0.3 is 21.1 Å².